The van der Waals surface area contributed by atoms with Gasteiger partial charge in [0.25, 0.3) is 0 Å². The van der Waals surface area contributed by atoms with E-state index in [1.165, 1.54) is 10.9 Å². The van der Waals surface area contributed by atoms with Crippen molar-refractivity contribution >= 4 is 27.5 Å². The lowest BCUT2D eigenvalue weighted by Crippen LogP contribution is -2.00. The van der Waals surface area contributed by atoms with Crippen LogP contribution in [0.1, 0.15) is 11.4 Å². The lowest BCUT2D eigenvalue weighted by molar-refractivity contribution is 0.974. The smallest absolute Gasteiger partial charge is 0.177 e. The molecular weight excluding hydrogens is 306 g/mol. The number of nitrogens with zero attached hydrogens (tertiary/aromatic N) is 5. The Morgan fingerprint density at radius 3 is 2.65 bits per heavy atom. The fourth-order valence-corrected chi connectivity index (χ4v) is 2.00. The van der Waals surface area contributed by atoms with Gasteiger partial charge in [0, 0.05) is 10.7 Å². The van der Waals surface area contributed by atoms with Crippen LogP contribution >= 0.6 is 27.5 Å². The molecule has 0 amide bonds. The van der Waals surface area contributed by atoms with Gasteiger partial charge in [-0.3, -0.25) is 4.57 Å². The van der Waals surface area contributed by atoms with Gasteiger partial charge >= 0.3 is 0 Å². The summed E-state index contributed by atoms with van der Waals surface area (Å²) >= 11 is 9.25. The van der Waals surface area contributed by atoms with Gasteiger partial charge in [0.2, 0.25) is 0 Å². The molecule has 2 aromatic heterocycles. The fraction of sp³-hybridized carbons (Fsp3) is 0. The number of hydrogen-bond donors (Lipinski definition) is 0. The van der Waals surface area contributed by atoms with Crippen LogP contribution in [0.15, 0.2) is 23.1 Å². The molecule has 2 heterocycles. The van der Waals surface area contributed by atoms with Crippen molar-refractivity contribution in [1.29, 1.82) is 10.5 Å². The van der Waals surface area contributed by atoms with Gasteiger partial charge in [-0.25, -0.2) is 9.97 Å². The van der Waals surface area contributed by atoms with Crippen molar-refractivity contribution in [3.63, 3.8) is 0 Å². The zero-order valence-electron chi connectivity index (χ0n) is 8.22. The molecule has 7 heteroatoms. The van der Waals surface area contributed by atoms with Crippen molar-refractivity contribution in [3.05, 3.63) is 39.5 Å². The molecule has 17 heavy (non-hydrogen) atoms. The van der Waals surface area contributed by atoms with E-state index in [2.05, 4.69) is 25.9 Å². The Labute approximate surface area is 110 Å². The molecule has 0 unspecified atom stereocenters. The molecule has 0 aromatic carbocycles. The molecule has 0 aliphatic carbocycles. The van der Waals surface area contributed by atoms with Crippen LogP contribution in [0.3, 0.4) is 0 Å². The minimum atomic E-state index is 0.0493. The fourth-order valence-electron chi connectivity index (χ4n) is 1.28. The quantitative estimate of drug-likeness (QED) is 0.810. The first-order chi connectivity index (χ1) is 8.17. The van der Waals surface area contributed by atoms with Crippen LogP contribution in [-0.2, 0) is 0 Å². The van der Waals surface area contributed by atoms with Crippen molar-refractivity contribution in [2.24, 2.45) is 0 Å². The summed E-state index contributed by atoms with van der Waals surface area (Å²) in [6.07, 6.45) is 2.90. The molecule has 2 rings (SSSR count). The van der Waals surface area contributed by atoms with E-state index in [0.29, 0.717) is 10.8 Å². The topological polar surface area (TPSA) is 78.3 Å². The van der Waals surface area contributed by atoms with Crippen LogP contribution in [0.5, 0.6) is 0 Å². The monoisotopic (exact) mass is 307 g/mol. The lowest BCUT2D eigenvalue weighted by Gasteiger charge is -2.04. The van der Waals surface area contributed by atoms with Crippen LogP contribution in [0.25, 0.3) is 5.82 Å². The second kappa shape index (κ2) is 4.54. The van der Waals surface area contributed by atoms with E-state index in [0.717, 1.165) is 4.47 Å². The molecule has 5 nitrogen and oxygen atoms in total. The average molecular weight is 309 g/mol. The van der Waals surface area contributed by atoms with Crippen molar-refractivity contribution in [2.75, 3.05) is 0 Å². The summed E-state index contributed by atoms with van der Waals surface area (Å²) in [5, 5.41) is 18.1. The number of nitriles is 2. The average Bonchev–Trinajstić information content (AvgIpc) is 2.71. The SMILES string of the molecule is N#Cc1ncn(-c2ncc(Br)cc2Cl)c1C#N. The Balaban J connectivity index is 2.66. The van der Waals surface area contributed by atoms with Gasteiger partial charge in [-0.1, -0.05) is 11.6 Å². The molecule has 0 saturated heterocycles. The summed E-state index contributed by atoms with van der Waals surface area (Å²) in [5.74, 6) is 0.361. The first-order valence-corrected chi connectivity index (χ1v) is 5.53. The minimum Gasteiger partial charge on any atom is -0.272 e. The van der Waals surface area contributed by atoms with Gasteiger partial charge in [0.15, 0.2) is 17.2 Å². The summed E-state index contributed by atoms with van der Waals surface area (Å²) < 4.78 is 2.11. The second-order valence-corrected chi connectivity index (χ2v) is 4.32. The lowest BCUT2D eigenvalue weighted by atomic mass is 10.3. The molecule has 0 spiro atoms. The van der Waals surface area contributed by atoms with E-state index in [4.69, 9.17) is 22.1 Å². The van der Waals surface area contributed by atoms with Crippen molar-refractivity contribution in [3.8, 4) is 18.0 Å². The summed E-state index contributed by atoms with van der Waals surface area (Å²) in [7, 11) is 0. The predicted octanol–water partition coefficient (Wildman–Crippen LogP) is 2.43. The van der Waals surface area contributed by atoms with Crippen LogP contribution in [0.4, 0.5) is 0 Å². The molecule has 82 valence electrons. The maximum Gasteiger partial charge on any atom is 0.177 e. The summed E-state index contributed by atoms with van der Waals surface area (Å²) in [5.41, 5.74) is 0.164. The number of imidazole rings is 1. The summed E-state index contributed by atoms with van der Waals surface area (Å²) in [4.78, 5) is 7.90. The highest BCUT2D eigenvalue weighted by Crippen LogP contribution is 2.23. The molecular formula is C10H3BrClN5. The Hall–Kier alpha value is -1.89. The molecule has 0 N–H and O–H groups in total. The number of hydrogen-bond acceptors (Lipinski definition) is 4. The number of pyridine rings is 1. The third kappa shape index (κ3) is 2.01. The molecule has 0 bridgehead atoms. The maximum absolute atomic E-state index is 8.98. The molecule has 0 saturated carbocycles. The highest BCUT2D eigenvalue weighted by molar-refractivity contribution is 9.10. The largest absolute Gasteiger partial charge is 0.272 e. The van der Waals surface area contributed by atoms with E-state index in [9.17, 15) is 0 Å². The van der Waals surface area contributed by atoms with E-state index in [1.807, 2.05) is 12.1 Å². The highest BCUT2D eigenvalue weighted by Gasteiger charge is 2.14. The Morgan fingerprint density at radius 1 is 1.29 bits per heavy atom. The van der Waals surface area contributed by atoms with Gasteiger partial charge in [0.05, 0.1) is 5.02 Å². The van der Waals surface area contributed by atoms with Gasteiger partial charge in [-0.15, -0.1) is 0 Å². The third-order valence-corrected chi connectivity index (χ3v) is 2.71. The van der Waals surface area contributed by atoms with Crippen LogP contribution in [-0.4, -0.2) is 14.5 Å². The van der Waals surface area contributed by atoms with E-state index >= 15 is 0 Å². The molecule has 0 radical (unpaired) electrons. The zero-order valence-corrected chi connectivity index (χ0v) is 10.6. The number of halogens is 2. The summed E-state index contributed by atoms with van der Waals surface area (Å²) in [6.45, 7) is 0. The van der Waals surface area contributed by atoms with Crippen LogP contribution < -0.4 is 0 Å². The molecule has 0 atom stereocenters. The molecule has 2 aromatic rings. The normalized spacial score (nSPS) is 9.65. The minimum absolute atomic E-state index is 0.0493. The van der Waals surface area contributed by atoms with Crippen molar-refractivity contribution in [1.82, 2.24) is 14.5 Å². The maximum atomic E-state index is 8.98. The number of aromatic nitrogens is 3. The van der Waals surface area contributed by atoms with Crippen LogP contribution in [0, 0.1) is 22.7 Å². The predicted molar refractivity (Wildman–Crippen MR) is 63.5 cm³/mol. The molecule has 0 aliphatic heterocycles. The van der Waals surface area contributed by atoms with Gasteiger partial charge in [-0.2, -0.15) is 10.5 Å². The Kier molecular flexibility index (Phi) is 3.10. The van der Waals surface area contributed by atoms with E-state index in [1.54, 1.807) is 12.3 Å². The highest BCUT2D eigenvalue weighted by atomic mass is 79.9. The van der Waals surface area contributed by atoms with E-state index < -0.39 is 0 Å². The Bertz CT molecular complexity index is 664. The second-order valence-electron chi connectivity index (χ2n) is 2.99. The van der Waals surface area contributed by atoms with Gasteiger partial charge < -0.3 is 0 Å². The number of rotatable bonds is 1. The third-order valence-electron chi connectivity index (χ3n) is 2.00. The van der Waals surface area contributed by atoms with Gasteiger partial charge in [0.1, 0.15) is 18.5 Å². The van der Waals surface area contributed by atoms with Crippen LogP contribution in [0.2, 0.25) is 5.02 Å². The first-order valence-electron chi connectivity index (χ1n) is 4.36. The van der Waals surface area contributed by atoms with E-state index in [-0.39, 0.29) is 11.4 Å². The van der Waals surface area contributed by atoms with Crippen molar-refractivity contribution in [2.45, 2.75) is 0 Å². The Morgan fingerprint density at radius 2 is 2.06 bits per heavy atom. The van der Waals surface area contributed by atoms with Crippen molar-refractivity contribution < 1.29 is 0 Å². The first kappa shape index (κ1) is 11.6. The standard InChI is InChI=1S/C10H3BrClN5/c11-6-1-7(12)10(15-4-6)17-5-16-8(2-13)9(17)3-14/h1,4-5H. The molecule has 0 fully saturated rings. The zero-order chi connectivity index (χ0) is 12.4. The van der Waals surface area contributed by atoms with Gasteiger partial charge in [-0.05, 0) is 22.0 Å². The molecule has 0 aliphatic rings. The summed E-state index contributed by atoms with van der Waals surface area (Å²) in [6, 6.07) is 5.39.